The lowest BCUT2D eigenvalue weighted by atomic mass is 10.3. The summed E-state index contributed by atoms with van der Waals surface area (Å²) in [6.45, 7) is 4.88. The van der Waals surface area contributed by atoms with Crippen LogP contribution < -0.4 is 5.32 Å². The molecule has 104 valence electrons. The highest BCUT2D eigenvalue weighted by molar-refractivity contribution is 7.91. The highest BCUT2D eigenvalue weighted by atomic mass is 32.2. The van der Waals surface area contributed by atoms with Crippen molar-refractivity contribution >= 4 is 20.9 Å². The average Bonchev–Trinajstić information content (AvgIpc) is 2.66. The van der Waals surface area contributed by atoms with E-state index in [-0.39, 0.29) is 10.9 Å². The second-order valence-corrected chi connectivity index (χ2v) is 6.69. The van der Waals surface area contributed by atoms with Gasteiger partial charge in [-0.15, -0.1) is 0 Å². The summed E-state index contributed by atoms with van der Waals surface area (Å²) < 4.78 is 25.5. The lowest BCUT2D eigenvalue weighted by Gasteiger charge is -2.11. The first-order valence-electron chi connectivity index (χ1n) is 6.25. The van der Waals surface area contributed by atoms with Crippen molar-refractivity contribution in [1.82, 2.24) is 14.9 Å². The van der Waals surface area contributed by atoms with E-state index in [2.05, 4.69) is 10.3 Å². The SMILES string of the molecule is CCNC(C)c1nc2c(S(C)(=O)=O)cccc2n1C. The minimum atomic E-state index is -3.27. The smallest absolute Gasteiger partial charge is 0.177 e. The van der Waals surface area contributed by atoms with E-state index in [1.165, 1.54) is 6.26 Å². The van der Waals surface area contributed by atoms with Gasteiger partial charge in [-0.2, -0.15) is 0 Å². The summed E-state index contributed by atoms with van der Waals surface area (Å²) in [5.74, 6) is 0.841. The zero-order valence-corrected chi connectivity index (χ0v) is 12.5. The lowest BCUT2D eigenvalue weighted by Crippen LogP contribution is -2.20. The minimum absolute atomic E-state index is 0.0785. The minimum Gasteiger partial charge on any atom is -0.330 e. The molecule has 6 heteroatoms. The first kappa shape index (κ1) is 14.0. The molecule has 2 rings (SSSR count). The first-order chi connectivity index (χ1) is 8.86. The number of nitrogens with zero attached hydrogens (tertiary/aromatic N) is 2. The van der Waals surface area contributed by atoms with Gasteiger partial charge in [-0.25, -0.2) is 13.4 Å². The van der Waals surface area contributed by atoms with Crippen LogP contribution in [-0.4, -0.2) is 30.8 Å². The van der Waals surface area contributed by atoms with E-state index >= 15 is 0 Å². The van der Waals surface area contributed by atoms with Gasteiger partial charge in [-0.3, -0.25) is 0 Å². The van der Waals surface area contributed by atoms with Crippen LogP contribution in [-0.2, 0) is 16.9 Å². The Labute approximate surface area is 113 Å². The molecule has 0 aliphatic heterocycles. The number of para-hydroxylation sites is 1. The number of fused-ring (bicyclic) bond motifs is 1. The van der Waals surface area contributed by atoms with Crippen LogP contribution in [0.1, 0.15) is 25.7 Å². The summed E-state index contributed by atoms with van der Waals surface area (Å²) in [5.41, 5.74) is 1.38. The predicted molar refractivity (Wildman–Crippen MR) is 75.9 cm³/mol. The molecule has 1 unspecified atom stereocenters. The van der Waals surface area contributed by atoms with Crippen molar-refractivity contribution in [3.05, 3.63) is 24.0 Å². The molecule has 0 aliphatic carbocycles. The Bertz CT molecular complexity index is 704. The van der Waals surface area contributed by atoms with Gasteiger partial charge in [0.05, 0.1) is 16.5 Å². The van der Waals surface area contributed by atoms with E-state index in [4.69, 9.17) is 0 Å². The maximum Gasteiger partial charge on any atom is 0.177 e. The predicted octanol–water partition coefficient (Wildman–Crippen LogP) is 1.65. The van der Waals surface area contributed by atoms with Crippen LogP contribution in [0.15, 0.2) is 23.1 Å². The molecule has 5 nitrogen and oxygen atoms in total. The Balaban J connectivity index is 2.70. The maximum absolute atomic E-state index is 11.8. The van der Waals surface area contributed by atoms with E-state index < -0.39 is 9.84 Å². The van der Waals surface area contributed by atoms with Gasteiger partial charge in [0.2, 0.25) is 0 Å². The van der Waals surface area contributed by atoms with E-state index in [0.29, 0.717) is 5.52 Å². The lowest BCUT2D eigenvalue weighted by molar-refractivity contribution is 0.551. The number of sulfone groups is 1. The molecule has 1 atom stereocenters. The molecule has 0 spiro atoms. The quantitative estimate of drug-likeness (QED) is 0.925. The Morgan fingerprint density at radius 1 is 1.42 bits per heavy atom. The van der Waals surface area contributed by atoms with Crippen molar-refractivity contribution in [1.29, 1.82) is 0 Å². The molecule has 19 heavy (non-hydrogen) atoms. The number of aromatic nitrogens is 2. The van der Waals surface area contributed by atoms with Gasteiger partial charge >= 0.3 is 0 Å². The average molecular weight is 281 g/mol. The number of rotatable bonds is 4. The third kappa shape index (κ3) is 2.50. The Hall–Kier alpha value is -1.40. The molecular formula is C13H19N3O2S. The van der Waals surface area contributed by atoms with E-state index in [1.54, 1.807) is 12.1 Å². The molecule has 1 aromatic carbocycles. The van der Waals surface area contributed by atoms with Gasteiger partial charge in [0.1, 0.15) is 11.3 Å². The normalized spacial score (nSPS) is 13.9. The molecule has 0 saturated carbocycles. The van der Waals surface area contributed by atoms with E-state index in [1.807, 2.05) is 31.5 Å². The first-order valence-corrected chi connectivity index (χ1v) is 8.14. The number of benzene rings is 1. The summed E-state index contributed by atoms with van der Waals surface area (Å²) >= 11 is 0. The van der Waals surface area contributed by atoms with Crippen molar-refractivity contribution < 1.29 is 8.42 Å². The third-order valence-electron chi connectivity index (χ3n) is 3.21. The Morgan fingerprint density at radius 3 is 2.68 bits per heavy atom. The van der Waals surface area contributed by atoms with Crippen LogP contribution >= 0.6 is 0 Å². The molecule has 0 fully saturated rings. The number of aryl methyl sites for hydroxylation is 1. The molecular weight excluding hydrogens is 262 g/mol. The number of hydrogen-bond donors (Lipinski definition) is 1. The second-order valence-electron chi connectivity index (χ2n) is 4.70. The van der Waals surface area contributed by atoms with Gasteiger partial charge in [-0.1, -0.05) is 13.0 Å². The fraction of sp³-hybridized carbons (Fsp3) is 0.462. The molecule has 0 bridgehead atoms. The second kappa shape index (κ2) is 4.94. The van der Waals surface area contributed by atoms with Crippen molar-refractivity contribution in [2.45, 2.75) is 24.8 Å². The largest absolute Gasteiger partial charge is 0.330 e. The van der Waals surface area contributed by atoms with Crippen LogP contribution in [0.5, 0.6) is 0 Å². The highest BCUT2D eigenvalue weighted by Crippen LogP contribution is 2.25. The fourth-order valence-electron chi connectivity index (χ4n) is 2.29. The highest BCUT2D eigenvalue weighted by Gasteiger charge is 2.19. The van der Waals surface area contributed by atoms with Crippen LogP contribution in [0.3, 0.4) is 0 Å². The van der Waals surface area contributed by atoms with Gasteiger partial charge < -0.3 is 9.88 Å². The van der Waals surface area contributed by atoms with Gasteiger partial charge in [-0.05, 0) is 25.6 Å². The van der Waals surface area contributed by atoms with Crippen LogP contribution in [0, 0.1) is 0 Å². The maximum atomic E-state index is 11.8. The number of imidazole rings is 1. The van der Waals surface area contributed by atoms with Gasteiger partial charge in [0.25, 0.3) is 0 Å². The molecule has 0 aliphatic rings. The molecule has 1 heterocycles. The summed E-state index contributed by atoms with van der Waals surface area (Å²) in [7, 11) is -1.36. The Kier molecular flexibility index (Phi) is 3.64. The molecule has 1 N–H and O–H groups in total. The van der Waals surface area contributed by atoms with Gasteiger partial charge in [0, 0.05) is 13.3 Å². The third-order valence-corrected chi connectivity index (χ3v) is 4.33. The summed E-state index contributed by atoms with van der Waals surface area (Å²) in [6, 6.07) is 5.32. The number of nitrogens with one attached hydrogen (secondary N) is 1. The zero-order chi connectivity index (χ0) is 14.2. The van der Waals surface area contributed by atoms with Crippen molar-refractivity contribution in [2.75, 3.05) is 12.8 Å². The summed E-state index contributed by atoms with van der Waals surface area (Å²) in [4.78, 5) is 4.81. The zero-order valence-electron chi connectivity index (χ0n) is 11.6. The van der Waals surface area contributed by atoms with Gasteiger partial charge in [0.15, 0.2) is 9.84 Å². The van der Waals surface area contributed by atoms with Crippen LogP contribution in [0.2, 0.25) is 0 Å². The molecule has 1 aromatic heterocycles. The van der Waals surface area contributed by atoms with E-state index in [9.17, 15) is 8.42 Å². The van der Waals surface area contributed by atoms with Crippen LogP contribution in [0.4, 0.5) is 0 Å². The van der Waals surface area contributed by atoms with Crippen molar-refractivity contribution in [3.63, 3.8) is 0 Å². The van der Waals surface area contributed by atoms with Crippen molar-refractivity contribution in [2.24, 2.45) is 7.05 Å². The summed E-state index contributed by atoms with van der Waals surface area (Å²) in [5, 5.41) is 3.29. The molecule has 0 radical (unpaired) electrons. The number of hydrogen-bond acceptors (Lipinski definition) is 4. The van der Waals surface area contributed by atoms with E-state index in [0.717, 1.165) is 17.9 Å². The monoisotopic (exact) mass is 281 g/mol. The van der Waals surface area contributed by atoms with Crippen LogP contribution in [0.25, 0.3) is 11.0 Å². The molecule has 2 aromatic rings. The fourth-order valence-corrected chi connectivity index (χ4v) is 3.12. The molecule has 0 saturated heterocycles. The topological polar surface area (TPSA) is 64.0 Å². The standard InChI is InChI=1S/C13H19N3O2S/c1-5-14-9(2)13-15-12-10(16(13)3)7-6-8-11(12)19(4,17)18/h6-9,14H,5H2,1-4H3. The van der Waals surface area contributed by atoms with Crippen molar-refractivity contribution in [3.8, 4) is 0 Å². The molecule has 0 amide bonds. The summed E-state index contributed by atoms with van der Waals surface area (Å²) in [6.07, 6.45) is 1.21. The Morgan fingerprint density at radius 2 is 2.11 bits per heavy atom.